The van der Waals surface area contributed by atoms with Crippen LogP contribution in [0.25, 0.3) is 0 Å². The van der Waals surface area contributed by atoms with Crippen molar-refractivity contribution in [3.05, 3.63) is 29.8 Å². The van der Waals surface area contributed by atoms with Crippen LogP contribution in [0.5, 0.6) is 5.75 Å². The van der Waals surface area contributed by atoms with Crippen LogP contribution in [0.4, 0.5) is 0 Å². The first-order valence-electron chi connectivity index (χ1n) is 8.54. The molecule has 0 aromatic heterocycles. The summed E-state index contributed by atoms with van der Waals surface area (Å²) in [6.45, 7) is 9.06. The largest absolute Gasteiger partial charge is 0.496 e. The normalized spacial score (nSPS) is 13.9. The summed E-state index contributed by atoms with van der Waals surface area (Å²) in [6, 6.07) is 8.47. The molecule has 0 radical (unpaired) electrons. The molecule has 1 atom stereocenters. The number of methoxy groups -OCH3 is 1. The second kappa shape index (κ2) is 9.83. The summed E-state index contributed by atoms with van der Waals surface area (Å²) < 4.78 is 5.55. The van der Waals surface area contributed by atoms with Gasteiger partial charge in [-0.15, -0.1) is 0 Å². The van der Waals surface area contributed by atoms with Gasteiger partial charge in [-0.2, -0.15) is 0 Å². The fraction of sp³-hybridized carbons (Fsp3) is 0.684. The van der Waals surface area contributed by atoms with E-state index in [2.05, 4.69) is 50.4 Å². The van der Waals surface area contributed by atoms with Gasteiger partial charge in [-0.3, -0.25) is 0 Å². The molecule has 120 valence electrons. The van der Waals surface area contributed by atoms with Gasteiger partial charge < -0.3 is 10.1 Å². The molecule has 1 N–H and O–H groups in total. The van der Waals surface area contributed by atoms with Crippen LogP contribution in [0.15, 0.2) is 24.3 Å². The average molecular weight is 291 g/mol. The maximum atomic E-state index is 5.55. The van der Waals surface area contributed by atoms with Gasteiger partial charge >= 0.3 is 0 Å². The molecule has 0 amide bonds. The van der Waals surface area contributed by atoms with Crippen LogP contribution in [0.1, 0.15) is 58.4 Å². The lowest BCUT2D eigenvalue weighted by Crippen LogP contribution is -2.36. The first-order valence-corrected chi connectivity index (χ1v) is 8.54. The van der Waals surface area contributed by atoms with Gasteiger partial charge in [0.2, 0.25) is 0 Å². The lowest BCUT2D eigenvalue weighted by Gasteiger charge is -2.34. The maximum Gasteiger partial charge on any atom is 0.122 e. The minimum atomic E-state index is 0.347. The van der Waals surface area contributed by atoms with Crippen molar-refractivity contribution in [2.24, 2.45) is 5.41 Å². The standard InChI is InChI=1S/C19H33NO/c1-5-8-13-19(7-3,16-20-14-6-2)15-17-11-9-10-12-18(17)21-4/h9-12,20H,5-8,13-16H2,1-4H3. The van der Waals surface area contributed by atoms with Crippen LogP contribution in [0.2, 0.25) is 0 Å². The van der Waals surface area contributed by atoms with Gasteiger partial charge in [0.1, 0.15) is 5.75 Å². The highest BCUT2D eigenvalue weighted by molar-refractivity contribution is 5.34. The Labute approximate surface area is 131 Å². The highest BCUT2D eigenvalue weighted by Gasteiger charge is 2.28. The van der Waals surface area contributed by atoms with Crippen LogP contribution in [-0.2, 0) is 6.42 Å². The van der Waals surface area contributed by atoms with Crippen molar-refractivity contribution < 1.29 is 4.74 Å². The molecule has 2 heteroatoms. The van der Waals surface area contributed by atoms with Crippen molar-refractivity contribution >= 4 is 0 Å². The summed E-state index contributed by atoms with van der Waals surface area (Å²) in [5, 5.41) is 3.65. The number of hydrogen-bond acceptors (Lipinski definition) is 2. The Bertz CT molecular complexity index is 391. The molecule has 0 aliphatic carbocycles. The number of nitrogens with one attached hydrogen (secondary N) is 1. The SMILES string of the molecule is CCCCC(CC)(CNCCC)Cc1ccccc1OC. The van der Waals surface area contributed by atoms with E-state index in [9.17, 15) is 0 Å². The molecule has 1 aromatic rings. The van der Waals surface area contributed by atoms with Gasteiger partial charge in [0.25, 0.3) is 0 Å². The van der Waals surface area contributed by atoms with E-state index in [1.54, 1.807) is 7.11 Å². The van der Waals surface area contributed by atoms with Crippen molar-refractivity contribution in [1.82, 2.24) is 5.32 Å². The molecular weight excluding hydrogens is 258 g/mol. The molecule has 2 nitrogen and oxygen atoms in total. The highest BCUT2D eigenvalue weighted by Crippen LogP contribution is 2.35. The molecule has 0 saturated carbocycles. The second-order valence-electron chi connectivity index (χ2n) is 6.12. The molecule has 0 aliphatic rings. The number of hydrogen-bond donors (Lipinski definition) is 1. The van der Waals surface area contributed by atoms with E-state index < -0.39 is 0 Å². The average Bonchev–Trinajstić information content (AvgIpc) is 2.53. The molecule has 1 unspecified atom stereocenters. The predicted octanol–water partition coefficient (Wildman–Crippen LogP) is 4.82. The van der Waals surface area contributed by atoms with Gasteiger partial charge in [-0.05, 0) is 49.3 Å². The molecular formula is C19H33NO. The lowest BCUT2D eigenvalue weighted by molar-refractivity contribution is 0.227. The Morgan fingerprint density at radius 3 is 2.48 bits per heavy atom. The summed E-state index contributed by atoms with van der Waals surface area (Å²) in [7, 11) is 1.77. The highest BCUT2D eigenvalue weighted by atomic mass is 16.5. The zero-order valence-electron chi connectivity index (χ0n) is 14.4. The molecule has 0 bridgehead atoms. The van der Waals surface area contributed by atoms with Crippen molar-refractivity contribution in [2.75, 3.05) is 20.2 Å². The first-order chi connectivity index (χ1) is 10.2. The molecule has 0 spiro atoms. The van der Waals surface area contributed by atoms with Crippen molar-refractivity contribution in [1.29, 1.82) is 0 Å². The van der Waals surface area contributed by atoms with Crippen molar-refractivity contribution in [3.63, 3.8) is 0 Å². The van der Waals surface area contributed by atoms with E-state index in [-0.39, 0.29) is 0 Å². The van der Waals surface area contributed by atoms with Crippen molar-refractivity contribution in [2.45, 2.75) is 59.3 Å². The quantitative estimate of drug-likeness (QED) is 0.590. The van der Waals surface area contributed by atoms with Crippen LogP contribution >= 0.6 is 0 Å². The molecule has 1 aromatic carbocycles. The Morgan fingerprint density at radius 2 is 1.86 bits per heavy atom. The fourth-order valence-corrected chi connectivity index (χ4v) is 3.00. The van der Waals surface area contributed by atoms with E-state index >= 15 is 0 Å². The third kappa shape index (κ3) is 5.70. The van der Waals surface area contributed by atoms with E-state index in [0.717, 1.165) is 25.3 Å². The van der Waals surface area contributed by atoms with Crippen LogP contribution < -0.4 is 10.1 Å². The minimum Gasteiger partial charge on any atom is -0.496 e. The monoisotopic (exact) mass is 291 g/mol. The lowest BCUT2D eigenvalue weighted by atomic mass is 9.75. The Kier molecular flexibility index (Phi) is 8.44. The van der Waals surface area contributed by atoms with E-state index in [1.807, 2.05) is 0 Å². The van der Waals surface area contributed by atoms with Gasteiger partial charge in [-0.25, -0.2) is 0 Å². The minimum absolute atomic E-state index is 0.347. The summed E-state index contributed by atoms with van der Waals surface area (Å²) in [5.74, 6) is 1.03. The summed E-state index contributed by atoms with van der Waals surface area (Å²) in [5.41, 5.74) is 1.69. The van der Waals surface area contributed by atoms with Gasteiger partial charge in [0, 0.05) is 6.54 Å². The molecule has 0 heterocycles. The summed E-state index contributed by atoms with van der Waals surface area (Å²) >= 11 is 0. The zero-order valence-corrected chi connectivity index (χ0v) is 14.4. The molecule has 0 saturated heterocycles. The maximum absolute atomic E-state index is 5.55. The summed E-state index contributed by atoms with van der Waals surface area (Å²) in [4.78, 5) is 0. The van der Waals surface area contributed by atoms with E-state index in [4.69, 9.17) is 4.74 Å². The zero-order chi connectivity index (χ0) is 15.6. The van der Waals surface area contributed by atoms with Crippen LogP contribution in [0, 0.1) is 5.41 Å². The predicted molar refractivity (Wildman–Crippen MR) is 92.1 cm³/mol. The molecule has 0 fully saturated rings. The third-order valence-corrected chi connectivity index (χ3v) is 4.50. The third-order valence-electron chi connectivity index (χ3n) is 4.50. The number of unbranched alkanes of at least 4 members (excludes halogenated alkanes) is 1. The second-order valence-corrected chi connectivity index (χ2v) is 6.12. The molecule has 1 rings (SSSR count). The number of para-hydroxylation sites is 1. The first kappa shape index (κ1) is 18.0. The smallest absolute Gasteiger partial charge is 0.122 e. The Morgan fingerprint density at radius 1 is 1.10 bits per heavy atom. The van der Waals surface area contributed by atoms with Gasteiger partial charge in [-0.1, -0.05) is 51.8 Å². The van der Waals surface area contributed by atoms with E-state index in [1.165, 1.54) is 37.7 Å². The van der Waals surface area contributed by atoms with Crippen molar-refractivity contribution in [3.8, 4) is 5.75 Å². The van der Waals surface area contributed by atoms with Gasteiger partial charge in [0.05, 0.1) is 7.11 Å². The van der Waals surface area contributed by atoms with Gasteiger partial charge in [0.15, 0.2) is 0 Å². The molecule has 0 aliphatic heterocycles. The Hall–Kier alpha value is -1.02. The fourth-order valence-electron chi connectivity index (χ4n) is 3.00. The number of rotatable bonds is 11. The topological polar surface area (TPSA) is 21.3 Å². The van der Waals surface area contributed by atoms with Crippen LogP contribution in [0.3, 0.4) is 0 Å². The van der Waals surface area contributed by atoms with E-state index in [0.29, 0.717) is 5.41 Å². The Balaban J connectivity index is 2.87. The summed E-state index contributed by atoms with van der Waals surface area (Å²) in [6.07, 6.45) is 7.36. The van der Waals surface area contributed by atoms with Crippen LogP contribution in [-0.4, -0.2) is 20.2 Å². The number of ether oxygens (including phenoxy) is 1. The number of benzene rings is 1. The molecule has 21 heavy (non-hydrogen) atoms.